The Bertz CT molecular complexity index is 668. The second-order valence-electron chi connectivity index (χ2n) is 6.13. The van der Waals surface area contributed by atoms with Crippen molar-refractivity contribution in [2.75, 3.05) is 24.6 Å². The van der Waals surface area contributed by atoms with Gasteiger partial charge in [-0.2, -0.15) is 0 Å². The quantitative estimate of drug-likeness (QED) is 0.873. The number of aromatic nitrogens is 2. The van der Waals surface area contributed by atoms with Crippen molar-refractivity contribution in [2.45, 2.75) is 32.2 Å². The first-order valence-electron chi connectivity index (χ1n) is 8.77. The van der Waals surface area contributed by atoms with Gasteiger partial charge in [-0.25, -0.2) is 9.97 Å². The van der Waals surface area contributed by atoms with Crippen LogP contribution in [0.3, 0.4) is 0 Å². The van der Waals surface area contributed by atoms with Crippen LogP contribution in [0.5, 0.6) is 5.75 Å². The molecular formula is C19H24N4O2. The zero-order valence-electron chi connectivity index (χ0n) is 14.5. The van der Waals surface area contributed by atoms with E-state index in [0.717, 1.165) is 43.2 Å². The summed E-state index contributed by atoms with van der Waals surface area (Å²) in [5.41, 5.74) is 0.996. The SMILES string of the molecule is CCOc1ccc(CC(=O)NC2CCN(c3ncccn3)CC2)cc1. The van der Waals surface area contributed by atoms with Gasteiger partial charge >= 0.3 is 0 Å². The Balaban J connectivity index is 1.44. The van der Waals surface area contributed by atoms with Crippen molar-refractivity contribution < 1.29 is 9.53 Å². The molecule has 1 aromatic carbocycles. The van der Waals surface area contributed by atoms with Crippen LogP contribution in [0.1, 0.15) is 25.3 Å². The van der Waals surface area contributed by atoms with Gasteiger partial charge in [-0.1, -0.05) is 12.1 Å². The molecule has 1 amide bonds. The van der Waals surface area contributed by atoms with Crippen molar-refractivity contribution >= 4 is 11.9 Å². The molecular weight excluding hydrogens is 316 g/mol. The zero-order valence-corrected chi connectivity index (χ0v) is 14.5. The third-order valence-corrected chi connectivity index (χ3v) is 4.29. The fourth-order valence-corrected chi connectivity index (χ4v) is 3.01. The molecule has 0 unspecified atom stereocenters. The molecule has 0 aliphatic carbocycles. The van der Waals surface area contributed by atoms with Gasteiger partial charge in [0.15, 0.2) is 0 Å². The number of hydrogen-bond acceptors (Lipinski definition) is 5. The van der Waals surface area contributed by atoms with E-state index < -0.39 is 0 Å². The van der Waals surface area contributed by atoms with Crippen LogP contribution in [0, 0.1) is 0 Å². The number of benzene rings is 1. The van der Waals surface area contributed by atoms with Crippen molar-refractivity contribution in [3.8, 4) is 5.75 Å². The molecule has 1 aliphatic rings. The monoisotopic (exact) mass is 340 g/mol. The van der Waals surface area contributed by atoms with Gasteiger partial charge in [-0.05, 0) is 43.5 Å². The molecule has 0 bridgehead atoms. The van der Waals surface area contributed by atoms with Crippen LogP contribution in [0.4, 0.5) is 5.95 Å². The molecule has 1 fully saturated rings. The summed E-state index contributed by atoms with van der Waals surface area (Å²) >= 11 is 0. The highest BCUT2D eigenvalue weighted by Crippen LogP contribution is 2.16. The fourth-order valence-electron chi connectivity index (χ4n) is 3.01. The van der Waals surface area contributed by atoms with E-state index in [4.69, 9.17) is 4.74 Å². The lowest BCUT2D eigenvalue weighted by Crippen LogP contribution is -2.45. The number of hydrogen-bond donors (Lipinski definition) is 1. The molecule has 1 saturated heterocycles. The van der Waals surface area contributed by atoms with Gasteiger partial charge in [0.2, 0.25) is 11.9 Å². The Kier molecular flexibility index (Phi) is 5.82. The molecule has 0 saturated carbocycles. The van der Waals surface area contributed by atoms with Gasteiger partial charge in [-0.3, -0.25) is 4.79 Å². The number of nitrogens with zero attached hydrogens (tertiary/aromatic N) is 3. The van der Waals surface area contributed by atoms with Crippen LogP contribution in [-0.2, 0) is 11.2 Å². The van der Waals surface area contributed by atoms with E-state index in [1.807, 2.05) is 37.3 Å². The number of anilines is 1. The van der Waals surface area contributed by atoms with E-state index in [1.165, 1.54) is 0 Å². The Morgan fingerprint density at radius 3 is 2.52 bits per heavy atom. The smallest absolute Gasteiger partial charge is 0.225 e. The Labute approximate surface area is 148 Å². The molecule has 0 spiro atoms. The summed E-state index contributed by atoms with van der Waals surface area (Å²) in [6.07, 6.45) is 5.73. The summed E-state index contributed by atoms with van der Waals surface area (Å²) in [7, 11) is 0. The molecule has 132 valence electrons. The number of amides is 1. The Morgan fingerprint density at radius 1 is 1.20 bits per heavy atom. The maximum atomic E-state index is 12.3. The number of piperidine rings is 1. The molecule has 6 nitrogen and oxygen atoms in total. The van der Waals surface area contributed by atoms with E-state index in [1.54, 1.807) is 12.4 Å². The summed E-state index contributed by atoms with van der Waals surface area (Å²) in [4.78, 5) is 23.0. The van der Waals surface area contributed by atoms with Crippen molar-refractivity contribution in [3.63, 3.8) is 0 Å². The molecule has 3 rings (SSSR count). The lowest BCUT2D eigenvalue weighted by Gasteiger charge is -2.32. The predicted molar refractivity (Wildman–Crippen MR) is 96.7 cm³/mol. The second-order valence-corrected chi connectivity index (χ2v) is 6.13. The van der Waals surface area contributed by atoms with Crippen molar-refractivity contribution in [3.05, 3.63) is 48.3 Å². The number of ether oxygens (including phenoxy) is 1. The van der Waals surface area contributed by atoms with Gasteiger partial charge in [0, 0.05) is 31.5 Å². The molecule has 1 aliphatic heterocycles. The summed E-state index contributed by atoms with van der Waals surface area (Å²) in [6, 6.07) is 9.74. The predicted octanol–water partition coefficient (Wildman–Crippen LogP) is 2.20. The van der Waals surface area contributed by atoms with Crippen molar-refractivity contribution in [1.29, 1.82) is 0 Å². The van der Waals surface area contributed by atoms with Gasteiger partial charge in [0.05, 0.1) is 13.0 Å². The first kappa shape index (κ1) is 17.2. The minimum atomic E-state index is 0.0681. The van der Waals surface area contributed by atoms with E-state index in [-0.39, 0.29) is 11.9 Å². The molecule has 1 aromatic heterocycles. The van der Waals surface area contributed by atoms with Crippen LogP contribution in [0.25, 0.3) is 0 Å². The maximum absolute atomic E-state index is 12.3. The van der Waals surface area contributed by atoms with Gasteiger partial charge in [0.1, 0.15) is 5.75 Å². The lowest BCUT2D eigenvalue weighted by atomic mass is 10.0. The highest BCUT2D eigenvalue weighted by Gasteiger charge is 2.22. The maximum Gasteiger partial charge on any atom is 0.225 e. The number of rotatable bonds is 6. The second kappa shape index (κ2) is 8.46. The van der Waals surface area contributed by atoms with Crippen LogP contribution < -0.4 is 15.0 Å². The summed E-state index contributed by atoms with van der Waals surface area (Å²) < 4.78 is 5.42. The zero-order chi connectivity index (χ0) is 17.5. The summed E-state index contributed by atoms with van der Waals surface area (Å²) in [5, 5.41) is 3.14. The lowest BCUT2D eigenvalue weighted by molar-refractivity contribution is -0.121. The molecule has 0 radical (unpaired) electrons. The topological polar surface area (TPSA) is 67.3 Å². The standard InChI is InChI=1S/C19H24N4O2/c1-2-25-17-6-4-15(5-7-17)14-18(24)22-16-8-12-23(13-9-16)19-20-10-3-11-21-19/h3-7,10-11,16H,2,8-9,12-14H2,1H3,(H,22,24). The minimum absolute atomic E-state index is 0.0681. The normalized spacial score (nSPS) is 15.0. The number of carbonyl (C=O) groups excluding carboxylic acids is 1. The molecule has 2 heterocycles. The highest BCUT2D eigenvalue weighted by molar-refractivity contribution is 5.78. The Hall–Kier alpha value is -2.63. The van der Waals surface area contributed by atoms with Crippen molar-refractivity contribution in [2.24, 2.45) is 0 Å². The number of nitrogens with one attached hydrogen (secondary N) is 1. The number of carbonyl (C=O) groups is 1. The summed E-state index contributed by atoms with van der Waals surface area (Å²) in [6.45, 7) is 4.32. The molecule has 2 aromatic rings. The van der Waals surface area contributed by atoms with Crippen molar-refractivity contribution in [1.82, 2.24) is 15.3 Å². The molecule has 0 atom stereocenters. The molecule has 25 heavy (non-hydrogen) atoms. The van der Waals surface area contributed by atoms with Crippen LogP contribution in [-0.4, -0.2) is 41.6 Å². The van der Waals surface area contributed by atoms with Crippen LogP contribution in [0.2, 0.25) is 0 Å². The third-order valence-electron chi connectivity index (χ3n) is 4.29. The molecule has 1 N–H and O–H groups in total. The first-order chi connectivity index (χ1) is 12.2. The first-order valence-corrected chi connectivity index (χ1v) is 8.77. The minimum Gasteiger partial charge on any atom is -0.494 e. The van der Waals surface area contributed by atoms with Gasteiger partial charge < -0.3 is 15.0 Å². The summed E-state index contributed by atoms with van der Waals surface area (Å²) in [5.74, 6) is 1.67. The Morgan fingerprint density at radius 2 is 1.88 bits per heavy atom. The fraction of sp³-hybridized carbons (Fsp3) is 0.421. The average molecular weight is 340 g/mol. The van der Waals surface area contributed by atoms with Crippen LogP contribution in [0.15, 0.2) is 42.7 Å². The molecule has 6 heteroatoms. The van der Waals surface area contributed by atoms with E-state index in [2.05, 4.69) is 20.2 Å². The average Bonchev–Trinajstić information content (AvgIpc) is 2.65. The largest absolute Gasteiger partial charge is 0.494 e. The van der Waals surface area contributed by atoms with E-state index in [0.29, 0.717) is 13.0 Å². The van der Waals surface area contributed by atoms with E-state index in [9.17, 15) is 4.79 Å². The van der Waals surface area contributed by atoms with Gasteiger partial charge in [0.25, 0.3) is 0 Å². The van der Waals surface area contributed by atoms with Crippen LogP contribution >= 0.6 is 0 Å². The van der Waals surface area contributed by atoms with E-state index >= 15 is 0 Å². The highest BCUT2D eigenvalue weighted by atomic mass is 16.5. The van der Waals surface area contributed by atoms with Gasteiger partial charge in [-0.15, -0.1) is 0 Å². The third kappa shape index (κ3) is 4.92.